The second kappa shape index (κ2) is 8.09. The van der Waals surface area contributed by atoms with E-state index in [0.29, 0.717) is 17.2 Å². The van der Waals surface area contributed by atoms with E-state index in [1.54, 1.807) is 30.6 Å². The first kappa shape index (κ1) is 19.7. The third-order valence-corrected chi connectivity index (χ3v) is 5.64. The number of halogens is 2. The first-order valence-corrected chi connectivity index (χ1v) is 10.3. The Balaban J connectivity index is 1.45. The van der Waals surface area contributed by atoms with Gasteiger partial charge in [-0.25, -0.2) is 24.0 Å². The van der Waals surface area contributed by atoms with Crippen molar-refractivity contribution >= 4 is 40.0 Å². The number of hydrogen-bond acceptors (Lipinski definition) is 7. The van der Waals surface area contributed by atoms with Gasteiger partial charge in [-0.05, 0) is 19.2 Å². The van der Waals surface area contributed by atoms with E-state index < -0.39 is 5.82 Å². The van der Waals surface area contributed by atoms with Gasteiger partial charge in [0.05, 0.1) is 16.7 Å². The molecule has 0 bridgehead atoms. The summed E-state index contributed by atoms with van der Waals surface area (Å²) >= 11 is 6.23. The Morgan fingerprint density at radius 1 is 1.00 bits per heavy atom. The minimum Gasteiger partial charge on any atom is -0.354 e. The molecule has 0 unspecified atom stereocenters. The van der Waals surface area contributed by atoms with E-state index >= 15 is 0 Å². The van der Waals surface area contributed by atoms with Gasteiger partial charge >= 0.3 is 0 Å². The number of aromatic nitrogens is 5. The number of benzene rings is 1. The van der Waals surface area contributed by atoms with E-state index in [9.17, 15) is 4.39 Å². The van der Waals surface area contributed by atoms with Crippen LogP contribution in [-0.4, -0.2) is 62.9 Å². The maximum Gasteiger partial charge on any atom is 0.150 e. The summed E-state index contributed by atoms with van der Waals surface area (Å²) in [5.41, 5.74) is 0.883. The highest BCUT2D eigenvalue weighted by Gasteiger charge is 2.17. The Kier molecular flexibility index (Phi) is 5.13. The molecule has 0 saturated carbocycles. The van der Waals surface area contributed by atoms with Crippen molar-refractivity contribution in [3.8, 4) is 5.69 Å². The monoisotopic (exact) mass is 438 g/mol. The van der Waals surface area contributed by atoms with Gasteiger partial charge in [-0.2, -0.15) is 5.10 Å². The fraction of sp³-hybridized carbons (Fsp3) is 0.238. The van der Waals surface area contributed by atoms with Crippen molar-refractivity contribution in [2.24, 2.45) is 0 Å². The third kappa shape index (κ3) is 3.89. The van der Waals surface area contributed by atoms with Crippen molar-refractivity contribution in [1.29, 1.82) is 0 Å². The molecule has 3 aromatic heterocycles. The fourth-order valence-electron chi connectivity index (χ4n) is 3.61. The molecule has 1 aliphatic heterocycles. The number of nitrogens with one attached hydrogen (secondary N) is 1. The van der Waals surface area contributed by atoms with Crippen LogP contribution in [0.1, 0.15) is 0 Å². The Labute approximate surface area is 183 Å². The van der Waals surface area contributed by atoms with Crippen molar-refractivity contribution in [2.75, 3.05) is 43.4 Å². The van der Waals surface area contributed by atoms with Gasteiger partial charge in [-0.1, -0.05) is 17.7 Å². The highest BCUT2D eigenvalue weighted by Crippen LogP contribution is 2.28. The molecule has 1 aliphatic rings. The molecule has 0 spiro atoms. The van der Waals surface area contributed by atoms with E-state index in [-0.39, 0.29) is 10.7 Å². The van der Waals surface area contributed by atoms with Crippen LogP contribution in [0.2, 0.25) is 5.02 Å². The second-order valence-electron chi connectivity index (χ2n) is 7.43. The van der Waals surface area contributed by atoms with Crippen LogP contribution in [-0.2, 0) is 0 Å². The van der Waals surface area contributed by atoms with Crippen molar-refractivity contribution in [2.45, 2.75) is 0 Å². The summed E-state index contributed by atoms with van der Waals surface area (Å²) in [5.74, 6) is 1.61. The molecule has 10 heteroatoms. The quantitative estimate of drug-likeness (QED) is 0.522. The first-order chi connectivity index (χ1) is 15.1. The largest absolute Gasteiger partial charge is 0.354 e. The number of para-hydroxylation sites is 1. The molecule has 8 nitrogen and oxygen atoms in total. The number of nitrogens with zero attached hydrogens (tertiary/aromatic N) is 7. The molecular formula is C21H20ClFN8. The molecule has 0 aliphatic carbocycles. The summed E-state index contributed by atoms with van der Waals surface area (Å²) in [7, 11) is 2.12. The van der Waals surface area contributed by atoms with E-state index in [1.165, 1.54) is 17.1 Å². The first-order valence-electron chi connectivity index (χ1n) is 9.89. The van der Waals surface area contributed by atoms with Crippen molar-refractivity contribution in [1.82, 2.24) is 29.6 Å². The lowest BCUT2D eigenvalue weighted by molar-refractivity contribution is 0.312. The smallest absolute Gasteiger partial charge is 0.150 e. The molecule has 158 valence electrons. The summed E-state index contributed by atoms with van der Waals surface area (Å²) in [6.45, 7) is 3.82. The average Bonchev–Trinajstić information content (AvgIpc) is 3.17. The summed E-state index contributed by atoms with van der Waals surface area (Å²) < 4.78 is 15.9. The van der Waals surface area contributed by atoms with Crippen LogP contribution >= 0.6 is 11.6 Å². The zero-order chi connectivity index (χ0) is 21.4. The van der Waals surface area contributed by atoms with E-state index in [0.717, 1.165) is 37.4 Å². The fourth-order valence-corrected chi connectivity index (χ4v) is 3.86. The lowest BCUT2D eigenvalue weighted by Gasteiger charge is -2.33. The van der Waals surface area contributed by atoms with Crippen molar-refractivity contribution in [3.05, 3.63) is 59.9 Å². The maximum absolute atomic E-state index is 14.4. The maximum atomic E-state index is 14.4. The van der Waals surface area contributed by atoms with Gasteiger partial charge in [0.2, 0.25) is 0 Å². The zero-order valence-electron chi connectivity index (χ0n) is 16.8. The predicted octanol–water partition coefficient (Wildman–Crippen LogP) is 3.50. The number of fused-ring (bicyclic) bond motifs is 1. The van der Waals surface area contributed by atoms with Crippen LogP contribution in [0, 0.1) is 5.82 Å². The highest BCUT2D eigenvalue weighted by molar-refractivity contribution is 6.32. The lowest BCUT2D eigenvalue weighted by Crippen LogP contribution is -2.44. The summed E-state index contributed by atoms with van der Waals surface area (Å²) in [4.78, 5) is 17.7. The Bertz CT molecular complexity index is 1220. The summed E-state index contributed by atoms with van der Waals surface area (Å²) in [5, 5.41) is 8.57. The van der Waals surface area contributed by atoms with E-state index in [2.05, 4.69) is 42.2 Å². The van der Waals surface area contributed by atoms with Crippen molar-refractivity contribution in [3.63, 3.8) is 0 Å². The Morgan fingerprint density at radius 2 is 1.81 bits per heavy atom. The minimum atomic E-state index is -0.448. The minimum absolute atomic E-state index is 0.204. The number of piperazine rings is 1. The number of hydrogen-bond donors (Lipinski definition) is 1. The van der Waals surface area contributed by atoms with Gasteiger partial charge in [0.25, 0.3) is 0 Å². The standard InChI is InChI=1S/C21H20ClFN8/c1-29-5-7-30(8-6-29)20-10-19(25-13-26-20)28-18-9-17-14(11-24-18)12-27-31(17)21-15(22)3-2-4-16(21)23/h2-4,9-13H,5-8H2,1H3,(H,24,25,26,28). The lowest BCUT2D eigenvalue weighted by atomic mass is 10.3. The molecule has 1 saturated heterocycles. The molecule has 31 heavy (non-hydrogen) atoms. The van der Waals surface area contributed by atoms with Crippen LogP contribution in [0.5, 0.6) is 0 Å². The van der Waals surface area contributed by atoms with Gasteiger partial charge in [0.15, 0.2) is 0 Å². The molecule has 0 radical (unpaired) electrons. The highest BCUT2D eigenvalue weighted by atomic mass is 35.5. The average molecular weight is 439 g/mol. The Morgan fingerprint density at radius 3 is 2.61 bits per heavy atom. The van der Waals surface area contributed by atoms with Crippen molar-refractivity contribution < 1.29 is 4.39 Å². The molecular weight excluding hydrogens is 419 g/mol. The van der Waals surface area contributed by atoms with Gasteiger partial charge < -0.3 is 15.1 Å². The van der Waals surface area contributed by atoms with E-state index in [4.69, 9.17) is 11.6 Å². The van der Waals surface area contributed by atoms with Crippen LogP contribution in [0.3, 0.4) is 0 Å². The van der Waals surface area contributed by atoms with Gasteiger partial charge in [-0.3, -0.25) is 0 Å². The topological polar surface area (TPSA) is 75.0 Å². The Hall–Kier alpha value is -3.30. The van der Waals surface area contributed by atoms with Crippen LogP contribution in [0.4, 0.5) is 21.8 Å². The van der Waals surface area contributed by atoms with Crippen LogP contribution < -0.4 is 10.2 Å². The molecule has 0 atom stereocenters. The molecule has 1 fully saturated rings. The van der Waals surface area contributed by atoms with E-state index in [1.807, 2.05) is 6.07 Å². The molecule has 4 aromatic rings. The number of anilines is 3. The number of rotatable bonds is 4. The van der Waals surface area contributed by atoms with Crippen LogP contribution in [0.15, 0.2) is 49.1 Å². The van der Waals surface area contributed by atoms with Crippen LogP contribution in [0.25, 0.3) is 16.6 Å². The summed E-state index contributed by atoms with van der Waals surface area (Å²) in [6, 6.07) is 8.25. The van der Waals surface area contributed by atoms with Gasteiger partial charge in [0.1, 0.15) is 35.3 Å². The van der Waals surface area contributed by atoms with Gasteiger partial charge in [0, 0.05) is 49.9 Å². The SMILES string of the molecule is CN1CCN(c2cc(Nc3cc4c(cn3)cnn4-c3c(F)cccc3Cl)ncn2)CC1. The predicted molar refractivity (Wildman–Crippen MR) is 119 cm³/mol. The second-order valence-corrected chi connectivity index (χ2v) is 7.84. The zero-order valence-corrected chi connectivity index (χ0v) is 17.6. The third-order valence-electron chi connectivity index (χ3n) is 5.34. The van der Waals surface area contributed by atoms with Gasteiger partial charge in [-0.15, -0.1) is 0 Å². The number of likely N-dealkylation sites (N-methyl/N-ethyl adjacent to an activating group) is 1. The molecule has 0 amide bonds. The summed E-state index contributed by atoms with van der Waals surface area (Å²) in [6.07, 6.45) is 4.85. The molecule has 1 N–H and O–H groups in total. The molecule has 5 rings (SSSR count). The molecule has 1 aromatic carbocycles. The molecule has 4 heterocycles. The normalized spacial score (nSPS) is 14.9. The number of pyridine rings is 1.